The maximum absolute atomic E-state index is 12.9. The van der Waals surface area contributed by atoms with Crippen LogP contribution in [0.25, 0.3) is 5.57 Å². The van der Waals surface area contributed by atoms with Crippen molar-refractivity contribution >= 4 is 40.8 Å². The Balaban J connectivity index is 2.16. The lowest BCUT2D eigenvalue weighted by atomic mass is 9.92. The number of aryl methyl sites for hydroxylation is 1. The van der Waals surface area contributed by atoms with E-state index in [1.165, 1.54) is 0 Å². The monoisotopic (exact) mass is 413 g/mol. The summed E-state index contributed by atoms with van der Waals surface area (Å²) in [5.74, 6) is -0.115. The Morgan fingerprint density at radius 3 is 2.70 bits per heavy atom. The van der Waals surface area contributed by atoms with Crippen LogP contribution in [0.1, 0.15) is 37.3 Å². The van der Waals surface area contributed by atoms with E-state index in [4.69, 9.17) is 37.4 Å². The normalized spacial score (nSPS) is 24.5. The first-order valence-corrected chi connectivity index (χ1v) is 9.47. The van der Waals surface area contributed by atoms with Crippen LogP contribution in [0.2, 0.25) is 10.0 Å². The van der Waals surface area contributed by atoms with Crippen molar-refractivity contribution in [2.24, 2.45) is 0 Å². The molecule has 2 atom stereocenters. The maximum Gasteiger partial charge on any atom is 0.513 e. The molecule has 1 aromatic carbocycles. The predicted molar refractivity (Wildman–Crippen MR) is 102 cm³/mol. The number of amides is 1. The van der Waals surface area contributed by atoms with Crippen LogP contribution in [0.5, 0.6) is 0 Å². The minimum Gasteiger partial charge on any atom is -0.434 e. The first-order valence-electron chi connectivity index (χ1n) is 8.72. The molecule has 0 saturated heterocycles. The van der Waals surface area contributed by atoms with E-state index in [2.05, 4.69) is 5.32 Å². The Bertz CT molecular complexity index is 799. The van der Waals surface area contributed by atoms with Crippen molar-refractivity contribution in [3.63, 3.8) is 0 Å². The number of hydrogen-bond donors (Lipinski definition) is 1. The molecule has 1 aliphatic carbocycles. The van der Waals surface area contributed by atoms with Crippen molar-refractivity contribution in [3.05, 3.63) is 39.1 Å². The lowest BCUT2D eigenvalue weighted by Crippen LogP contribution is -2.43. The molecule has 1 aliphatic heterocycles. The molecule has 1 heterocycles. The van der Waals surface area contributed by atoms with E-state index in [9.17, 15) is 9.59 Å². The van der Waals surface area contributed by atoms with Gasteiger partial charge in [0.25, 0.3) is 5.91 Å². The van der Waals surface area contributed by atoms with Gasteiger partial charge in [-0.25, -0.2) is 4.79 Å². The Morgan fingerprint density at radius 1 is 1.37 bits per heavy atom. The van der Waals surface area contributed by atoms with E-state index in [-0.39, 0.29) is 30.0 Å². The Labute approximate surface area is 167 Å². The number of halogens is 2. The SMILES string of the molecule is CCOC(=O)OC1=C(c2c(C)cc(Cl)cc2Cl)C(=O)NC12CCC(OC)C2. The summed E-state index contributed by atoms with van der Waals surface area (Å²) in [6, 6.07) is 3.27. The van der Waals surface area contributed by atoms with Crippen LogP contribution in [-0.2, 0) is 19.0 Å². The van der Waals surface area contributed by atoms with E-state index in [0.29, 0.717) is 34.0 Å². The summed E-state index contributed by atoms with van der Waals surface area (Å²) in [5.41, 5.74) is 0.616. The Hall–Kier alpha value is -1.76. The highest BCUT2D eigenvalue weighted by Gasteiger charge is 2.53. The van der Waals surface area contributed by atoms with Gasteiger partial charge in [-0.2, -0.15) is 0 Å². The molecule has 3 rings (SSSR count). The van der Waals surface area contributed by atoms with Crippen LogP contribution < -0.4 is 5.32 Å². The van der Waals surface area contributed by atoms with Gasteiger partial charge in [0.15, 0.2) is 5.76 Å². The fourth-order valence-corrected chi connectivity index (χ4v) is 4.52. The van der Waals surface area contributed by atoms with Crippen molar-refractivity contribution in [1.29, 1.82) is 0 Å². The second-order valence-electron chi connectivity index (χ2n) is 6.71. The largest absolute Gasteiger partial charge is 0.513 e. The quantitative estimate of drug-likeness (QED) is 0.746. The van der Waals surface area contributed by atoms with Gasteiger partial charge in [-0.15, -0.1) is 0 Å². The van der Waals surface area contributed by atoms with Crippen molar-refractivity contribution < 1.29 is 23.8 Å². The Kier molecular flexibility index (Phi) is 5.70. The fraction of sp³-hybridized carbons (Fsp3) is 0.474. The van der Waals surface area contributed by atoms with Gasteiger partial charge in [0, 0.05) is 24.1 Å². The van der Waals surface area contributed by atoms with Gasteiger partial charge in [0.2, 0.25) is 0 Å². The molecule has 146 valence electrons. The van der Waals surface area contributed by atoms with Crippen LogP contribution in [0.15, 0.2) is 17.9 Å². The van der Waals surface area contributed by atoms with Gasteiger partial charge in [-0.05, 0) is 44.4 Å². The molecule has 2 aliphatic rings. The van der Waals surface area contributed by atoms with Crippen molar-refractivity contribution in [2.45, 2.75) is 44.8 Å². The third-order valence-electron chi connectivity index (χ3n) is 4.99. The van der Waals surface area contributed by atoms with Gasteiger partial charge in [0.05, 0.1) is 23.3 Å². The summed E-state index contributed by atoms with van der Waals surface area (Å²) >= 11 is 12.5. The summed E-state index contributed by atoms with van der Waals surface area (Å²) in [6.45, 7) is 3.64. The van der Waals surface area contributed by atoms with Crippen LogP contribution in [0, 0.1) is 6.92 Å². The molecule has 8 heteroatoms. The minimum atomic E-state index is -0.857. The third kappa shape index (κ3) is 3.66. The summed E-state index contributed by atoms with van der Waals surface area (Å²) < 4.78 is 15.9. The number of benzene rings is 1. The van der Waals surface area contributed by atoms with Gasteiger partial charge in [-0.3, -0.25) is 4.79 Å². The fourth-order valence-electron chi connectivity index (χ4n) is 3.83. The molecule has 1 aromatic rings. The van der Waals surface area contributed by atoms with E-state index >= 15 is 0 Å². The van der Waals surface area contributed by atoms with Crippen molar-refractivity contribution in [3.8, 4) is 0 Å². The summed E-state index contributed by atoms with van der Waals surface area (Å²) in [5, 5.41) is 3.77. The van der Waals surface area contributed by atoms with Crippen molar-refractivity contribution in [1.82, 2.24) is 5.32 Å². The molecular weight excluding hydrogens is 393 g/mol. The summed E-state index contributed by atoms with van der Waals surface area (Å²) in [4.78, 5) is 25.0. The second kappa shape index (κ2) is 7.70. The smallest absolute Gasteiger partial charge is 0.434 e. The highest BCUT2D eigenvalue weighted by molar-refractivity contribution is 6.38. The van der Waals surface area contributed by atoms with Gasteiger partial charge in [0.1, 0.15) is 5.54 Å². The van der Waals surface area contributed by atoms with Gasteiger partial charge >= 0.3 is 6.16 Å². The molecule has 1 amide bonds. The number of hydrogen-bond acceptors (Lipinski definition) is 5. The molecule has 0 bridgehead atoms. The number of rotatable bonds is 4. The summed E-state index contributed by atoms with van der Waals surface area (Å²) in [7, 11) is 1.62. The average Bonchev–Trinajstić information content (AvgIpc) is 3.10. The molecule has 0 aromatic heterocycles. The lowest BCUT2D eigenvalue weighted by Gasteiger charge is -2.26. The molecule has 1 fully saturated rings. The van der Waals surface area contributed by atoms with E-state index in [0.717, 1.165) is 6.42 Å². The molecule has 6 nitrogen and oxygen atoms in total. The number of nitrogens with one attached hydrogen (secondary N) is 1. The molecule has 2 unspecified atom stereocenters. The highest BCUT2D eigenvalue weighted by Crippen LogP contribution is 2.47. The van der Waals surface area contributed by atoms with Gasteiger partial charge in [-0.1, -0.05) is 23.2 Å². The Morgan fingerprint density at radius 2 is 2.11 bits per heavy atom. The molecule has 1 spiro atoms. The molecule has 27 heavy (non-hydrogen) atoms. The molecular formula is C19H21Cl2NO5. The minimum absolute atomic E-state index is 0.0489. The zero-order valence-corrected chi connectivity index (χ0v) is 16.9. The van der Waals surface area contributed by atoms with Crippen LogP contribution in [0.3, 0.4) is 0 Å². The molecule has 1 saturated carbocycles. The lowest BCUT2D eigenvalue weighted by molar-refractivity contribution is -0.116. The maximum atomic E-state index is 12.9. The van der Waals surface area contributed by atoms with Gasteiger partial charge < -0.3 is 19.5 Å². The molecule has 0 radical (unpaired) electrons. The van der Waals surface area contributed by atoms with E-state index in [1.807, 2.05) is 0 Å². The number of carbonyl (C=O) groups is 2. The highest BCUT2D eigenvalue weighted by atomic mass is 35.5. The summed E-state index contributed by atoms with van der Waals surface area (Å²) in [6.07, 6.45) is 0.904. The van der Waals surface area contributed by atoms with Crippen LogP contribution in [-0.4, -0.2) is 37.4 Å². The van der Waals surface area contributed by atoms with Crippen LogP contribution in [0.4, 0.5) is 4.79 Å². The predicted octanol–water partition coefficient (Wildman–Crippen LogP) is 4.25. The first-order chi connectivity index (χ1) is 12.8. The number of methoxy groups -OCH3 is 1. The standard InChI is InChI=1S/C19H21Cl2NO5/c1-4-26-18(24)27-16-15(14-10(2)7-11(20)8-13(14)21)17(23)22-19(16)6-5-12(9-19)25-3/h7-8,12H,4-6,9H2,1-3H3,(H,22,23). The number of ether oxygens (including phenoxy) is 3. The zero-order valence-electron chi connectivity index (χ0n) is 15.4. The van der Waals surface area contributed by atoms with E-state index in [1.54, 1.807) is 33.1 Å². The van der Waals surface area contributed by atoms with Crippen molar-refractivity contribution in [2.75, 3.05) is 13.7 Å². The van der Waals surface area contributed by atoms with E-state index < -0.39 is 11.7 Å². The van der Waals surface area contributed by atoms with Crippen LogP contribution >= 0.6 is 23.2 Å². The molecule has 1 N–H and O–H groups in total. The number of carbonyl (C=O) groups excluding carboxylic acids is 2. The third-order valence-corrected chi connectivity index (χ3v) is 5.51. The first kappa shape index (κ1) is 20.0. The zero-order chi connectivity index (χ0) is 19.8. The second-order valence-corrected chi connectivity index (χ2v) is 7.55. The average molecular weight is 414 g/mol. The topological polar surface area (TPSA) is 73.9 Å².